The quantitative estimate of drug-likeness (QED) is 0.138. The van der Waals surface area contributed by atoms with Crippen LogP contribution in [0.3, 0.4) is 0 Å². The van der Waals surface area contributed by atoms with Crippen molar-refractivity contribution >= 4 is 33.4 Å². The normalized spacial score (nSPS) is 23.8. The van der Waals surface area contributed by atoms with E-state index >= 15 is 0 Å². The van der Waals surface area contributed by atoms with Crippen molar-refractivity contribution in [1.82, 2.24) is 19.8 Å². The van der Waals surface area contributed by atoms with Gasteiger partial charge in [0.15, 0.2) is 4.90 Å². The van der Waals surface area contributed by atoms with Gasteiger partial charge in [0.1, 0.15) is 6.04 Å². The SMILES string of the molecule is O=C(NCc1ccccc1)[C@H]1[C@@H]2C=C[C@@]3([C@H](C(=O)NCc4ccccc4)N(Cc4ccccc4)C(=O)[C@@H]13)N2S(=O)(=O)c1ccccc1[N+](=O)[O-]. The standard InChI is InChI=1S/C37H33N5O7S/c43-34(38-22-25-12-4-1-5-13-25)31-29-20-21-37(41(29)50(48,49)30-19-11-10-18-28(30)42(46)47)32(31)36(45)40(24-27-16-8-3-9-17-27)33(37)35(44)39-23-26-14-6-2-7-15-26/h1-21,29,31-33H,22-24H2,(H,38,43)(H,39,44)/t29-,31-,32+,33-,37+/m0/s1. The summed E-state index contributed by atoms with van der Waals surface area (Å²) < 4.78 is 30.6. The van der Waals surface area contributed by atoms with E-state index in [1.54, 1.807) is 24.3 Å². The Balaban J connectivity index is 1.36. The Kier molecular flexibility index (Phi) is 8.54. The Morgan fingerprint density at radius 2 is 1.28 bits per heavy atom. The van der Waals surface area contributed by atoms with Gasteiger partial charge in [-0.1, -0.05) is 115 Å². The summed E-state index contributed by atoms with van der Waals surface area (Å²) >= 11 is 0. The molecule has 3 aliphatic rings. The van der Waals surface area contributed by atoms with Crippen LogP contribution in [-0.4, -0.2) is 57.9 Å². The van der Waals surface area contributed by atoms with Gasteiger partial charge in [-0.25, -0.2) is 8.42 Å². The molecule has 0 aliphatic carbocycles. The first-order valence-electron chi connectivity index (χ1n) is 16.1. The number of nitrogens with one attached hydrogen (secondary N) is 2. The van der Waals surface area contributed by atoms with E-state index in [2.05, 4.69) is 10.6 Å². The summed E-state index contributed by atoms with van der Waals surface area (Å²) in [7, 11) is -4.81. The van der Waals surface area contributed by atoms with Gasteiger partial charge in [0, 0.05) is 25.7 Å². The van der Waals surface area contributed by atoms with Crippen molar-refractivity contribution in [3.8, 4) is 0 Å². The zero-order chi connectivity index (χ0) is 35.0. The zero-order valence-corrected chi connectivity index (χ0v) is 27.5. The first-order chi connectivity index (χ1) is 24.1. The average Bonchev–Trinajstić information content (AvgIpc) is 3.74. The number of likely N-dealkylation sites (tertiary alicyclic amines) is 1. The van der Waals surface area contributed by atoms with E-state index in [4.69, 9.17) is 0 Å². The maximum Gasteiger partial charge on any atom is 0.289 e. The number of nitro benzene ring substituents is 1. The van der Waals surface area contributed by atoms with Gasteiger partial charge in [-0.3, -0.25) is 24.5 Å². The van der Waals surface area contributed by atoms with Gasteiger partial charge in [-0.05, 0) is 22.8 Å². The lowest BCUT2D eigenvalue weighted by atomic mass is 9.73. The number of hydrogen-bond donors (Lipinski definition) is 2. The molecule has 7 rings (SSSR count). The average molecular weight is 692 g/mol. The highest BCUT2D eigenvalue weighted by Crippen LogP contribution is 2.59. The number of carbonyl (C=O) groups is 3. The number of nitro groups is 1. The van der Waals surface area contributed by atoms with Gasteiger partial charge < -0.3 is 15.5 Å². The largest absolute Gasteiger partial charge is 0.352 e. The van der Waals surface area contributed by atoms with Crippen molar-refractivity contribution in [2.45, 2.75) is 42.2 Å². The van der Waals surface area contributed by atoms with Gasteiger partial charge in [0.05, 0.1) is 28.3 Å². The fourth-order valence-electron chi connectivity index (χ4n) is 7.63. The molecule has 5 atom stereocenters. The van der Waals surface area contributed by atoms with E-state index in [-0.39, 0.29) is 19.6 Å². The molecule has 254 valence electrons. The van der Waals surface area contributed by atoms with Gasteiger partial charge in [0.2, 0.25) is 17.7 Å². The van der Waals surface area contributed by atoms with Crippen molar-refractivity contribution in [2.75, 3.05) is 0 Å². The molecular weight excluding hydrogens is 659 g/mol. The molecule has 3 amide bonds. The van der Waals surface area contributed by atoms with Crippen LogP contribution >= 0.6 is 0 Å². The second-order valence-corrected chi connectivity index (χ2v) is 14.3. The highest BCUT2D eigenvalue weighted by molar-refractivity contribution is 7.89. The second-order valence-electron chi connectivity index (χ2n) is 12.5. The van der Waals surface area contributed by atoms with Gasteiger partial charge in [0.25, 0.3) is 15.7 Å². The minimum absolute atomic E-state index is 0.0441. The van der Waals surface area contributed by atoms with Crippen LogP contribution in [0.15, 0.2) is 132 Å². The predicted octanol–water partition coefficient (Wildman–Crippen LogP) is 3.55. The number of rotatable bonds is 11. The van der Waals surface area contributed by atoms with E-state index < -0.39 is 72.7 Å². The molecule has 0 unspecified atom stereocenters. The highest BCUT2D eigenvalue weighted by Gasteiger charge is 2.77. The molecule has 2 N–H and O–H groups in total. The summed E-state index contributed by atoms with van der Waals surface area (Å²) in [5.41, 5.74) is -0.278. The first kappa shape index (κ1) is 32.9. The molecular formula is C37H33N5O7S. The third-order valence-corrected chi connectivity index (χ3v) is 11.7. The van der Waals surface area contributed by atoms with Crippen molar-refractivity contribution in [2.24, 2.45) is 11.8 Å². The molecule has 3 aliphatic heterocycles. The van der Waals surface area contributed by atoms with Crippen LogP contribution in [-0.2, 0) is 44.0 Å². The third kappa shape index (κ3) is 5.44. The lowest BCUT2D eigenvalue weighted by Crippen LogP contribution is -2.61. The molecule has 4 aromatic carbocycles. The van der Waals surface area contributed by atoms with E-state index in [9.17, 15) is 32.9 Å². The number of amides is 3. The van der Waals surface area contributed by atoms with Crippen molar-refractivity contribution in [1.29, 1.82) is 0 Å². The molecule has 2 bridgehead atoms. The number of para-hydroxylation sites is 1. The second kappa shape index (κ2) is 13.0. The monoisotopic (exact) mass is 691 g/mol. The van der Waals surface area contributed by atoms with Gasteiger partial charge in [-0.15, -0.1) is 0 Å². The molecule has 4 aromatic rings. The van der Waals surface area contributed by atoms with Crippen LogP contribution in [0, 0.1) is 22.0 Å². The number of nitrogens with zero attached hydrogens (tertiary/aromatic N) is 3. The van der Waals surface area contributed by atoms with Crippen LogP contribution in [0.25, 0.3) is 0 Å². The lowest BCUT2D eigenvalue weighted by Gasteiger charge is -2.38. The molecule has 0 aromatic heterocycles. The Labute approximate surface area is 288 Å². The zero-order valence-electron chi connectivity index (χ0n) is 26.7. The Morgan fingerprint density at radius 3 is 1.86 bits per heavy atom. The molecule has 1 spiro atoms. The fraction of sp³-hybridized carbons (Fsp3) is 0.216. The molecule has 3 heterocycles. The summed E-state index contributed by atoms with van der Waals surface area (Å²) in [5.74, 6) is -4.31. The molecule has 2 saturated heterocycles. The van der Waals surface area contributed by atoms with Crippen LogP contribution < -0.4 is 10.6 Å². The first-order valence-corrected chi connectivity index (χ1v) is 17.5. The predicted molar refractivity (Wildman–Crippen MR) is 182 cm³/mol. The summed E-state index contributed by atoms with van der Waals surface area (Å²) in [5, 5.41) is 17.9. The van der Waals surface area contributed by atoms with E-state index in [1.807, 2.05) is 66.7 Å². The number of carbonyl (C=O) groups excluding carboxylic acids is 3. The summed E-state index contributed by atoms with van der Waals surface area (Å²) in [4.78, 5) is 55.5. The van der Waals surface area contributed by atoms with Gasteiger partial charge in [-0.2, -0.15) is 4.31 Å². The maximum absolute atomic E-state index is 14.8. The lowest BCUT2D eigenvalue weighted by molar-refractivity contribution is -0.387. The Morgan fingerprint density at radius 1 is 0.760 bits per heavy atom. The van der Waals surface area contributed by atoms with Crippen LogP contribution in [0.5, 0.6) is 0 Å². The Bertz CT molecular complexity index is 2100. The topological polar surface area (TPSA) is 159 Å². The third-order valence-electron chi connectivity index (χ3n) is 9.70. The Hall–Kier alpha value is -5.66. The van der Waals surface area contributed by atoms with Crippen molar-refractivity contribution in [3.63, 3.8) is 0 Å². The smallest absolute Gasteiger partial charge is 0.289 e. The minimum Gasteiger partial charge on any atom is -0.352 e. The van der Waals surface area contributed by atoms with E-state index in [1.165, 1.54) is 29.2 Å². The number of sulfonamides is 1. The number of benzene rings is 4. The summed E-state index contributed by atoms with van der Waals surface area (Å²) in [6.45, 7) is 0.166. The molecule has 12 nitrogen and oxygen atoms in total. The van der Waals surface area contributed by atoms with Crippen LogP contribution in [0.2, 0.25) is 0 Å². The summed E-state index contributed by atoms with van der Waals surface area (Å²) in [6, 6.07) is 29.5. The fourth-order valence-corrected chi connectivity index (χ4v) is 9.72. The van der Waals surface area contributed by atoms with Crippen molar-refractivity contribution in [3.05, 3.63) is 154 Å². The minimum atomic E-state index is -4.81. The molecule has 50 heavy (non-hydrogen) atoms. The highest BCUT2D eigenvalue weighted by atomic mass is 32.2. The van der Waals surface area contributed by atoms with E-state index in [0.717, 1.165) is 27.6 Å². The van der Waals surface area contributed by atoms with Crippen LogP contribution in [0.4, 0.5) is 5.69 Å². The maximum atomic E-state index is 14.8. The number of hydrogen-bond acceptors (Lipinski definition) is 7. The molecule has 13 heteroatoms. The van der Waals surface area contributed by atoms with E-state index in [0.29, 0.717) is 5.56 Å². The van der Waals surface area contributed by atoms with Gasteiger partial charge >= 0.3 is 0 Å². The van der Waals surface area contributed by atoms with Crippen molar-refractivity contribution < 1.29 is 27.7 Å². The molecule has 0 radical (unpaired) electrons. The molecule has 0 saturated carbocycles. The van der Waals surface area contributed by atoms with Crippen LogP contribution in [0.1, 0.15) is 16.7 Å². The number of fused-ring (bicyclic) bond motifs is 1. The molecule has 2 fully saturated rings. The summed E-state index contributed by atoms with van der Waals surface area (Å²) in [6.07, 6.45) is 3.07.